The minimum Gasteiger partial charge on any atom is -0.423 e. The second-order valence-corrected chi connectivity index (χ2v) is 10.8. The molecular weight excluding hydrogens is 528 g/mol. The highest BCUT2D eigenvalue weighted by atomic mass is 16.5. The Balaban J connectivity index is 1.87. The molecule has 0 aromatic heterocycles. The number of carbonyl (C=O) groups excluding carboxylic acids is 3. The van der Waals surface area contributed by atoms with Crippen LogP contribution in [0.3, 0.4) is 0 Å². The van der Waals surface area contributed by atoms with Crippen LogP contribution < -0.4 is 14.2 Å². The molecule has 3 aromatic rings. The van der Waals surface area contributed by atoms with Crippen molar-refractivity contribution in [2.45, 2.75) is 41.5 Å². The van der Waals surface area contributed by atoms with Crippen molar-refractivity contribution in [1.82, 2.24) is 0 Å². The third kappa shape index (κ3) is 10.4. The predicted molar refractivity (Wildman–Crippen MR) is 166 cm³/mol. The van der Waals surface area contributed by atoms with Gasteiger partial charge >= 0.3 is 17.9 Å². The summed E-state index contributed by atoms with van der Waals surface area (Å²) in [5.74, 6) is 0.546. The molecule has 0 aliphatic rings. The topological polar surface area (TPSA) is 78.9 Å². The van der Waals surface area contributed by atoms with E-state index in [9.17, 15) is 14.4 Å². The normalized spacial score (nSPS) is 11.7. The number of esters is 3. The largest absolute Gasteiger partial charge is 0.423 e. The van der Waals surface area contributed by atoms with Gasteiger partial charge in [-0.25, -0.2) is 14.4 Å². The first kappa shape index (κ1) is 31.8. The van der Waals surface area contributed by atoms with Crippen LogP contribution in [0.15, 0.2) is 103 Å². The molecule has 0 bridgehead atoms. The highest BCUT2D eigenvalue weighted by Gasteiger charge is 2.13. The zero-order chi connectivity index (χ0) is 30.6. The van der Waals surface area contributed by atoms with Gasteiger partial charge in [0, 0.05) is 23.8 Å². The minimum absolute atomic E-state index is 0.197. The zero-order valence-electron chi connectivity index (χ0n) is 25.0. The molecular formula is C36H38O6. The lowest BCUT2D eigenvalue weighted by atomic mass is 9.99. The Kier molecular flexibility index (Phi) is 11.6. The van der Waals surface area contributed by atoms with Crippen LogP contribution in [0.25, 0.3) is 22.3 Å². The predicted octanol–water partition coefficient (Wildman–Crippen LogP) is 8.37. The Morgan fingerprint density at radius 2 is 0.881 bits per heavy atom. The Labute approximate surface area is 248 Å². The maximum atomic E-state index is 12.6. The van der Waals surface area contributed by atoms with Gasteiger partial charge in [-0.15, -0.1) is 0 Å². The molecule has 0 heterocycles. The molecule has 6 heteroatoms. The lowest BCUT2D eigenvalue weighted by Crippen LogP contribution is -2.06. The summed E-state index contributed by atoms with van der Waals surface area (Å²) in [7, 11) is 0. The van der Waals surface area contributed by atoms with Gasteiger partial charge in [0.2, 0.25) is 0 Å². The molecule has 0 fully saturated rings. The number of ether oxygens (including phenoxy) is 3. The molecule has 42 heavy (non-hydrogen) atoms. The van der Waals surface area contributed by atoms with E-state index in [4.69, 9.17) is 14.2 Å². The minimum atomic E-state index is -0.485. The van der Waals surface area contributed by atoms with Gasteiger partial charge in [0.15, 0.2) is 0 Å². The summed E-state index contributed by atoms with van der Waals surface area (Å²) in [6.45, 7) is 11.9. The van der Waals surface area contributed by atoms with Crippen LogP contribution in [0.2, 0.25) is 0 Å². The fourth-order valence-electron chi connectivity index (χ4n) is 3.70. The van der Waals surface area contributed by atoms with Gasteiger partial charge in [-0.2, -0.15) is 0 Å². The van der Waals surface area contributed by atoms with E-state index in [0.29, 0.717) is 22.8 Å². The third-order valence-electron chi connectivity index (χ3n) is 5.83. The van der Waals surface area contributed by atoms with Gasteiger partial charge < -0.3 is 14.2 Å². The van der Waals surface area contributed by atoms with Gasteiger partial charge in [0.25, 0.3) is 0 Å². The molecule has 0 aliphatic carbocycles. The molecule has 0 amide bonds. The van der Waals surface area contributed by atoms with E-state index in [1.165, 1.54) is 18.2 Å². The number of rotatable bonds is 11. The van der Waals surface area contributed by atoms with Crippen molar-refractivity contribution in [2.24, 2.45) is 17.8 Å². The van der Waals surface area contributed by atoms with Crippen LogP contribution in [0.4, 0.5) is 0 Å². The van der Waals surface area contributed by atoms with Gasteiger partial charge in [0.05, 0.1) is 0 Å². The van der Waals surface area contributed by atoms with E-state index in [1.54, 1.807) is 48.6 Å². The molecule has 0 unspecified atom stereocenters. The molecule has 3 rings (SSSR count). The van der Waals surface area contributed by atoms with Crippen molar-refractivity contribution in [3.05, 3.63) is 103 Å². The van der Waals surface area contributed by atoms with Crippen LogP contribution in [-0.2, 0) is 14.4 Å². The summed E-state index contributed by atoms with van der Waals surface area (Å²) in [4.78, 5) is 36.7. The van der Waals surface area contributed by atoms with E-state index < -0.39 is 17.9 Å². The third-order valence-corrected chi connectivity index (χ3v) is 5.83. The second kappa shape index (κ2) is 15.3. The van der Waals surface area contributed by atoms with Crippen molar-refractivity contribution < 1.29 is 28.6 Å². The average molecular weight is 567 g/mol. The molecule has 0 saturated heterocycles. The Morgan fingerprint density at radius 1 is 0.500 bits per heavy atom. The first-order valence-corrected chi connectivity index (χ1v) is 14.0. The molecule has 3 aromatic carbocycles. The van der Waals surface area contributed by atoms with E-state index in [2.05, 4.69) is 0 Å². The molecule has 0 N–H and O–H groups in total. The van der Waals surface area contributed by atoms with Crippen molar-refractivity contribution >= 4 is 17.9 Å². The Morgan fingerprint density at radius 3 is 1.31 bits per heavy atom. The van der Waals surface area contributed by atoms with Crippen LogP contribution in [0.1, 0.15) is 41.5 Å². The molecule has 0 aliphatic heterocycles. The summed E-state index contributed by atoms with van der Waals surface area (Å²) in [6.07, 6.45) is 9.59. The summed E-state index contributed by atoms with van der Waals surface area (Å²) in [5, 5.41) is 0. The van der Waals surface area contributed by atoms with Crippen LogP contribution in [-0.4, -0.2) is 17.9 Å². The second-order valence-electron chi connectivity index (χ2n) is 10.8. The molecule has 0 spiro atoms. The fraction of sp³-hybridized carbons (Fsp3) is 0.250. The van der Waals surface area contributed by atoms with Gasteiger partial charge in [-0.05, 0) is 64.8 Å². The molecule has 0 atom stereocenters. The molecule has 0 saturated carbocycles. The highest BCUT2D eigenvalue weighted by molar-refractivity contribution is 5.88. The van der Waals surface area contributed by atoms with Gasteiger partial charge in [0.1, 0.15) is 17.2 Å². The number of carbonyl (C=O) groups is 3. The summed E-state index contributed by atoms with van der Waals surface area (Å²) in [5.41, 5.74) is 3.15. The van der Waals surface area contributed by atoms with Crippen molar-refractivity contribution in [3.8, 4) is 39.5 Å². The van der Waals surface area contributed by atoms with E-state index >= 15 is 0 Å². The molecule has 6 nitrogen and oxygen atoms in total. The van der Waals surface area contributed by atoms with Gasteiger partial charge in [-0.1, -0.05) is 96.2 Å². The first-order valence-electron chi connectivity index (χ1n) is 14.0. The first-order chi connectivity index (χ1) is 20.0. The standard InChI is InChI=1S/C36H38O6/c1-24(2)7-20-34(37)40-30-15-10-27(11-16-30)29-14-19-32(33(23-29)42-36(39)22-9-26(5)6)28-12-17-31(18-13-28)41-35(38)21-8-25(3)4/h7-26H,1-6H3/b20-7+,21-8+,22-9+. The van der Waals surface area contributed by atoms with Crippen molar-refractivity contribution in [2.75, 3.05) is 0 Å². The van der Waals surface area contributed by atoms with E-state index in [0.717, 1.165) is 16.7 Å². The molecule has 0 radical (unpaired) electrons. The van der Waals surface area contributed by atoms with Crippen molar-refractivity contribution in [1.29, 1.82) is 0 Å². The number of hydrogen-bond acceptors (Lipinski definition) is 6. The highest BCUT2D eigenvalue weighted by Crippen LogP contribution is 2.36. The quantitative estimate of drug-likeness (QED) is 0.132. The van der Waals surface area contributed by atoms with E-state index in [-0.39, 0.29) is 17.8 Å². The average Bonchev–Trinajstić information content (AvgIpc) is 2.95. The summed E-state index contributed by atoms with van der Waals surface area (Å²) >= 11 is 0. The monoisotopic (exact) mass is 566 g/mol. The zero-order valence-corrected chi connectivity index (χ0v) is 25.0. The lowest BCUT2D eigenvalue weighted by molar-refractivity contribution is -0.129. The summed E-state index contributed by atoms with van der Waals surface area (Å²) in [6, 6.07) is 19.7. The van der Waals surface area contributed by atoms with Crippen LogP contribution in [0.5, 0.6) is 17.2 Å². The fourth-order valence-corrected chi connectivity index (χ4v) is 3.70. The Hall–Kier alpha value is -4.71. The van der Waals surface area contributed by atoms with Crippen LogP contribution in [0, 0.1) is 17.8 Å². The lowest BCUT2D eigenvalue weighted by Gasteiger charge is -2.13. The van der Waals surface area contributed by atoms with Gasteiger partial charge in [-0.3, -0.25) is 0 Å². The smallest absolute Gasteiger partial charge is 0.335 e. The SMILES string of the molecule is CC(C)/C=C/C(=O)Oc1ccc(-c2ccc(-c3ccc(OC(=O)/C=C/C(C)C)cc3)c(OC(=O)/C=C/C(C)C)c2)cc1. The maximum absolute atomic E-state index is 12.6. The Bertz CT molecular complexity index is 1460. The number of hydrogen-bond donors (Lipinski definition) is 0. The summed E-state index contributed by atoms with van der Waals surface area (Å²) < 4.78 is 16.5. The van der Waals surface area contributed by atoms with E-state index in [1.807, 2.05) is 77.9 Å². The van der Waals surface area contributed by atoms with Crippen LogP contribution >= 0.6 is 0 Å². The number of allylic oxidation sites excluding steroid dienone is 3. The maximum Gasteiger partial charge on any atom is 0.335 e. The molecule has 218 valence electrons. The van der Waals surface area contributed by atoms with Crippen molar-refractivity contribution in [3.63, 3.8) is 0 Å². The number of benzene rings is 3.